The molecular weight excluding hydrogens is 286 g/mol. The van der Waals surface area contributed by atoms with E-state index in [1.807, 2.05) is 24.0 Å². The molecule has 0 aliphatic carbocycles. The van der Waals surface area contributed by atoms with Gasteiger partial charge >= 0.3 is 0 Å². The lowest BCUT2D eigenvalue weighted by Crippen LogP contribution is -2.32. The summed E-state index contributed by atoms with van der Waals surface area (Å²) >= 11 is 0. The quantitative estimate of drug-likeness (QED) is 0.878. The minimum atomic E-state index is 0. The normalized spacial score (nSPS) is 15.3. The Kier molecular flexibility index (Phi) is 8.31. The maximum atomic E-state index is 12.3. The summed E-state index contributed by atoms with van der Waals surface area (Å²) in [5.74, 6) is 1.00. The first-order valence-corrected chi connectivity index (χ1v) is 7.67. The number of rotatable bonds is 6. The first-order valence-electron chi connectivity index (χ1n) is 7.67. The number of nitrogens with zero attached hydrogens (tertiary/aromatic N) is 2. The molecule has 0 spiro atoms. The van der Waals surface area contributed by atoms with Crippen molar-refractivity contribution >= 4 is 18.3 Å². The molecule has 1 aliphatic rings. The molecule has 2 rings (SSSR count). The van der Waals surface area contributed by atoms with E-state index in [0.29, 0.717) is 13.0 Å². The van der Waals surface area contributed by atoms with Gasteiger partial charge in [-0.2, -0.15) is 0 Å². The molecule has 1 aliphatic heterocycles. The highest BCUT2D eigenvalue weighted by molar-refractivity contribution is 5.85. The molecule has 0 saturated carbocycles. The van der Waals surface area contributed by atoms with Crippen LogP contribution in [0, 0.1) is 5.92 Å². The van der Waals surface area contributed by atoms with Crippen molar-refractivity contribution in [2.45, 2.75) is 39.2 Å². The molecule has 4 nitrogen and oxygen atoms in total. The van der Waals surface area contributed by atoms with Crippen LogP contribution in [0.25, 0.3) is 0 Å². The van der Waals surface area contributed by atoms with E-state index in [9.17, 15) is 4.79 Å². The standard InChI is InChI=1S/C16H25N3O.ClH/c1-2-19(13-15-7-11-18-12-8-15)16(20)4-3-14-5-9-17-10-6-14;/h7-8,11-12,14,17H,2-6,9-10,13H2,1H3;1H. The number of piperidine rings is 1. The number of amides is 1. The van der Waals surface area contributed by atoms with Crippen LogP contribution in [0.5, 0.6) is 0 Å². The summed E-state index contributed by atoms with van der Waals surface area (Å²) in [6.45, 7) is 5.72. The van der Waals surface area contributed by atoms with E-state index in [2.05, 4.69) is 10.3 Å². The lowest BCUT2D eigenvalue weighted by atomic mass is 9.93. The van der Waals surface area contributed by atoms with Crippen LogP contribution in [0.4, 0.5) is 0 Å². The number of carbonyl (C=O) groups excluding carboxylic acids is 1. The smallest absolute Gasteiger partial charge is 0.222 e. The fraction of sp³-hybridized carbons (Fsp3) is 0.625. The van der Waals surface area contributed by atoms with E-state index in [1.54, 1.807) is 12.4 Å². The Morgan fingerprint density at radius 1 is 1.33 bits per heavy atom. The van der Waals surface area contributed by atoms with Crippen LogP contribution in [-0.2, 0) is 11.3 Å². The summed E-state index contributed by atoms with van der Waals surface area (Å²) in [5, 5.41) is 3.37. The Balaban J connectivity index is 0.00000220. The Bertz CT molecular complexity index is 407. The molecule has 0 unspecified atom stereocenters. The monoisotopic (exact) mass is 311 g/mol. The number of pyridine rings is 1. The van der Waals surface area contributed by atoms with E-state index in [1.165, 1.54) is 12.8 Å². The molecule has 0 radical (unpaired) electrons. The maximum Gasteiger partial charge on any atom is 0.222 e. The highest BCUT2D eigenvalue weighted by Gasteiger charge is 2.17. The van der Waals surface area contributed by atoms with Crippen LogP contribution in [0.3, 0.4) is 0 Å². The molecule has 1 aromatic heterocycles. The Hall–Kier alpha value is -1.13. The second kappa shape index (κ2) is 9.74. The van der Waals surface area contributed by atoms with Crippen LogP contribution in [0.15, 0.2) is 24.5 Å². The van der Waals surface area contributed by atoms with Gasteiger partial charge < -0.3 is 10.2 Å². The zero-order valence-electron chi connectivity index (χ0n) is 12.8. The van der Waals surface area contributed by atoms with E-state index in [4.69, 9.17) is 0 Å². The first kappa shape index (κ1) is 17.9. The van der Waals surface area contributed by atoms with Crippen LogP contribution in [-0.4, -0.2) is 35.4 Å². The second-order valence-electron chi connectivity index (χ2n) is 5.50. The van der Waals surface area contributed by atoms with Gasteiger partial charge in [-0.25, -0.2) is 0 Å². The predicted molar refractivity (Wildman–Crippen MR) is 87.4 cm³/mol. The Morgan fingerprint density at radius 3 is 2.62 bits per heavy atom. The molecule has 118 valence electrons. The molecule has 1 aromatic rings. The number of hydrogen-bond donors (Lipinski definition) is 1. The molecule has 0 aromatic carbocycles. The van der Waals surface area contributed by atoms with Crippen molar-refractivity contribution < 1.29 is 4.79 Å². The Morgan fingerprint density at radius 2 is 2.00 bits per heavy atom. The van der Waals surface area contributed by atoms with Gasteiger partial charge in [0.1, 0.15) is 0 Å². The number of aromatic nitrogens is 1. The summed E-state index contributed by atoms with van der Waals surface area (Å²) in [7, 11) is 0. The van der Waals surface area contributed by atoms with Crippen LogP contribution in [0.1, 0.15) is 38.2 Å². The average molecular weight is 312 g/mol. The van der Waals surface area contributed by atoms with E-state index in [-0.39, 0.29) is 18.3 Å². The summed E-state index contributed by atoms with van der Waals surface area (Å²) in [5.41, 5.74) is 1.15. The molecule has 0 bridgehead atoms. The topological polar surface area (TPSA) is 45.2 Å². The molecule has 1 saturated heterocycles. The van der Waals surface area contributed by atoms with Crippen LogP contribution < -0.4 is 5.32 Å². The molecule has 2 heterocycles. The van der Waals surface area contributed by atoms with Crippen molar-refractivity contribution in [1.29, 1.82) is 0 Å². The van der Waals surface area contributed by atoms with Crippen molar-refractivity contribution in [2.24, 2.45) is 5.92 Å². The summed E-state index contributed by atoms with van der Waals surface area (Å²) in [4.78, 5) is 18.3. The molecule has 1 amide bonds. The highest BCUT2D eigenvalue weighted by atomic mass is 35.5. The largest absolute Gasteiger partial charge is 0.339 e. The van der Waals surface area contributed by atoms with Gasteiger partial charge in [0.05, 0.1) is 0 Å². The van der Waals surface area contributed by atoms with Gasteiger partial charge in [-0.15, -0.1) is 12.4 Å². The third-order valence-electron chi connectivity index (χ3n) is 4.08. The lowest BCUT2D eigenvalue weighted by molar-refractivity contribution is -0.132. The van der Waals surface area contributed by atoms with Gasteiger partial charge in [0.25, 0.3) is 0 Å². The predicted octanol–water partition coefficient (Wildman–Crippen LogP) is 2.63. The second-order valence-corrected chi connectivity index (χ2v) is 5.50. The van der Waals surface area contributed by atoms with Crippen molar-refractivity contribution in [3.05, 3.63) is 30.1 Å². The van der Waals surface area contributed by atoms with Crippen molar-refractivity contribution in [3.63, 3.8) is 0 Å². The SMILES string of the molecule is CCN(Cc1ccncc1)C(=O)CCC1CCNCC1.Cl. The minimum absolute atomic E-state index is 0. The van der Waals surface area contributed by atoms with Gasteiger partial charge in [0, 0.05) is 31.9 Å². The molecule has 21 heavy (non-hydrogen) atoms. The minimum Gasteiger partial charge on any atom is -0.339 e. The number of carbonyl (C=O) groups is 1. The zero-order chi connectivity index (χ0) is 14.2. The molecule has 1 N–H and O–H groups in total. The highest BCUT2D eigenvalue weighted by Crippen LogP contribution is 2.18. The summed E-state index contributed by atoms with van der Waals surface area (Å²) in [6.07, 6.45) is 7.70. The molecule has 5 heteroatoms. The van der Waals surface area contributed by atoms with Crippen molar-refractivity contribution in [1.82, 2.24) is 15.2 Å². The summed E-state index contributed by atoms with van der Waals surface area (Å²) in [6, 6.07) is 3.95. The van der Waals surface area contributed by atoms with Gasteiger partial charge in [0.15, 0.2) is 0 Å². The van der Waals surface area contributed by atoms with Gasteiger partial charge in [-0.05, 0) is 62.9 Å². The lowest BCUT2D eigenvalue weighted by Gasteiger charge is -2.25. The summed E-state index contributed by atoms with van der Waals surface area (Å²) < 4.78 is 0. The number of nitrogens with one attached hydrogen (secondary N) is 1. The van der Waals surface area contributed by atoms with E-state index in [0.717, 1.165) is 37.5 Å². The molecular formula is C16H26ClN3O. The fourth-order valence-corrected chi connectivity index (χ4v) is 2.74. The Labute approximate surface area is 133 Å². The number of halogens is 1. The third-order valence-corrected chi connectivity index (χ3v) is 4.08. The van der Waals surface area contributed by atoms with E-state index >= 15 is 0 Å². The van der Waals surface area contributed by atoms with Crippen LogP contribution in [0.2, 0.25) is 0 Å². The third kappa shape index (κ3) is 6.02. The van der Waals surface area contributed by atoms with E-state index < -0.39 is 0 Å². The van der Waals surface area contributed by atoms with Crippen molar-refractivity contribution in [3.8, 4) is 0 Å². The zero-order valence-corrected chi connectivity index (χ0v) is 13.6. The average Bonchev–Trinajstić information content (AvgIpc) is 2.52. The molecule has 1 fully saturated rings. The van der Waals surface area contributed by atoms with Gasteiger partial charge in [0.2, 0.25) is 5.91 Å². The van der Waals surface area contributed by atoms with Crippen LogP contribution >= 0.6 is 12.4 Å². The molecule has 0 atom stereocenters. The van der Waals surface area contributed by atoms with Crippen molar-refractivity contribution in [2.75, 3.05) is 19.6 Å². The first-order chi connectivity index (χ1) is 9.79. The van der Waals surface area contributed by atoms with Gasteiger partial charge in [-0.1, -0.05) is 0 Å². The number of hydrogen-bond acceptors (Lipinski definition) is 3. The maximum absolute atomic E-state index is 12.3. The van der Waals surface area contributed by atoms with Gasteiger partial charge in [-0.3, -0.25) is 9.78 Å². The fourth-order valence-electron chi connectivity index (χ4n) is 2.74.